The van der Waals surface area contributed by atoms with E-state index in [9.17, 15) is 18.0 Å². The number of hydrogen-bond donors (Lipinski definition) is 1. The molecule has 0 aliphatic rings. The van der Waals surface area contributed by atoms with E-state index in [1.165, 1.54) is 37.3 Å². The van der Waals surface area contributed by atoms with Crippen molar-refractivity contribution >= 4 is 27.5 Å². The maximum atomic E-state index is 12.4. The molecule has 2 aromatic rings. The van der Waals surface area contributed by atoms with Gasteiger partial charge in [-0.2, -0.15) is 0 Å². The van der Waals surface area contributed by atoms with Crippen molar-refractivity contribution in [2.75, 3.05) is 11.3 Å². The fourth-order valence-electron chi connectivity index (χ4n) is 2.00. The van der Waals surface area contributed by atoms with Gasteiger partial charge in [0.1, 0.15) is 0 Å². The number of Topliss-reactive ketones (excluding diaryl/α,β-unsaturated/α-hetero) is 1. The Kier molecular flexibility index (Phi) is 5.35. The highest BCUT2D eigenvalue weighted by atomic mass is 32.2. The van der Waals surface area contributed by atoms with Gasteiger partial charge in [0.15, 0.2) is 5.78 Å². The normalized spacial score (nSPS) is 10.9. The molecule has 0 amide bonds. The van der Waals surface area contributed by atoms with Crippen LogP contribution in [0.1, 0.15) is 34.6 Å². The molecule has 126 valence electrons. The zero-order valence-electron chi connectivity index (χ0n) is 13.3. The van der Waals surface area contributed by atoms with E-state index in [0.717, 1.165) is 0 Å². The van der Waals surface area contributed by atoms with E-state index in [1.807, 2.05) is 0 Å². The molecule has 6 nitrogen and oxygen atoms in total. The monoisotopic (exact) mass is 347 g/mol. The first-order valence-electron chi connectivity index (χ1n) is 7.24. The van der Waals surface area contributed by atoms with Gasteiger partial charge in [0, 0.05) is 11.3 Å². The number of anilines is 1. The van der Waals surface area contributed by atoms with Crippen LogP contribution in [0.2, 0.25) is 0 Å². The molecule has 1 N–H and O–H groups in total. The molecule has 0 saturated heterocycles. The summed E-state index contributed by atoms with van der Waals surface area (Å²) in [6, 6.07) is 11.6. The number of nitrogens with one attached hydrogen (secondary N) is 1. The predicted molar refractivity (Wildman–Crippen MR) is 89.7 cm³/mol. The smallest absolute Gasteiger partial charge is 0.338 e. The number of esters is 1. The Hall–Kier alpha value is -2.67. The number of sulfonamides is 1. The minimum absolute atomic E-state index is 0.00350. The minimum Gasteiger partial charge on any atom is -0.462 e. The topological polar surface area (TPSA) is 89.5 Å². The molecular formula is C17H17NO5S. The van der Waals surface area contributed by atoms with Crippen LogP contribution in [0.15, 0.2) is 53.4 Å². The summed E-state index contributed by atoms with van der Waals surface area (Å²) in [6.07, 6.45) is 0. The van der Waals surface area contributed by atoms with Crippen molar-refractivity contribution in [1.29, 1.82) is 0 Å². The van der Waals surface area contributed by atoms with Crippen molar-refractivity contribution in [3.63, 3.8) is 0 Å². The van der Waals surface area contributed by atoms with Gasteiger partial charge in [-0.05, 0) is 50.2 Å². The SMILES string of the molecule is CCOC(=O)c1ccc(S(=O)(=O)Nc2cccc(C(C)=O)c2)cc1. The van der Waals surface area contributed by atoms with Gasteiger partial charge in [-0.25, -0.2) is 13.2 Å². The molecule has 0 aromatic heterocycles. The van der Waals surface area contributed by atoms with E-state index in [-0.39, 0.29) is 28.5 Å². The van der Waals surface area contributed by atoms with Crippen molar-refractivity contribution in [2.45, 2.75) is 18.7 Å². The van der Waals surface area contributed by atoms with Gasteiger partial charge in [0.05, 0.1) is 17.1 Å². The van der Waals surface area contributed by atoms with Gasteiger partial charge in [0.25, 0.3) is 10.0 Å². The Balaban J connectivity index is 2.23. The molecule has 0 heterocycles. The van der Waals surface area contributed by atoms with E-state index >= 15 is 0 Å². The molecular weight excluding hydrogens is 330 g/mol. The Morgan fingerprint density at radius 3 is 2.29 bits per heavy atom. The third-order valence-corrected chi connectivity index (χ3v) is 4.59. The molecule has 0 aliphatic carbocycles. The van der Waals surface area contributed by atoms with Gasteiger partial charge in [-0.1, -0.05) is 12.1 Å². The Morgan fingerprint density at radius 1 is 1.04 bits per heavy atom. The van der Waals surface area contributed by atoms with E-state index in [1.54, 1.807) is 25.1 Å². The van der Waals surface area contributed by atoms with E-state index in [0.29, 0.717) is 5.56 Å². The van der Waals surface area contributed by atoms with Gasteiger partial charge in [-0.3, -0.25) is 9.52 Å². The minimum atomic E-state index is -3.82. The maximum Gasteiger partial charge on any atom is 0.338 e. The van der Waals surface area contributed by atoms with Crippen molar-refractivity contribution in [3.8, 4) is 0 Å². The fourth-order valence-corrected chi connectivity index (χ4v) is 3.05. The van der Waals surface area contributed by atoms with Crippen LogP contribution in [-0.4, -0.2) is 26.8 Å². The highest BCUT2D eigenvalue weighted by Crippen LogP contribution is 2.18. The molecule has 0 unspecified atom stereocenters. The standard InChI is InChI=1S/C17H17NO5S/c1-3-23-17(20)13-7-9-16(10-8-13)24(21,22)18-15-6-4-5-14(11-15)12(2)19/h4-11,18H,3H2,1-2H3. The third kappa shape index (κ3) is 4.20. The largest absolute Gasteiger partial charge is 0.462 e. The van der Waals surface area contributed by atoms with Crippen LogP contribution >= 0.6 is 0 Å². The number of hydrogen-bond acceptors (Lipinski definition) is 5. The predicted octanol–water partition coefficient (Wildman–Crippen LogP) is 2.87. The van der Waals surface area contributed by atoms with Crippen molar-refractivity contribution in [1.82, 2.24) is 0 Å². The molecule has 0 bridgehead atoms. The van der Waals surface area contributed by atoms with Crippen LogP contribution < -0.4 is 4.72 Å². The molecule has 2 rings (SSSR count). The highest BCUT2D eigenvalue weighted by molar-refractivity contribution is 7.92. The molecule has 0 aliphatic heterocycles. The van der Waals surface area contributed by atoms with Gasteiger partial charge in [0.2, 0.25) is 0 Å². The lowest BCUT2D eigenvalue weighted by Crippen LogP contribution is -2.13. The first-order chi connectivity index (χ1) is 11.3. The van der Waals surface area contributed by atoms with E-state index in [2.05, 4.69) is 4.72 Å². The van der Waals surface area contributed by atoms with Crippen LogP contribution in [0, 0.1) is 0 Å². The van der Waals surface area contributed by atoms with Crippen molar-refractivity contribution in [3.05, 3.63) is 59.7 Å². The van der Waals surface area contributed by atoms with Crippen LogP contribution in [0.25, 0.3) is 0 Å². The van der Waals surface area contributed by atoms with Crippen molar-refractivity contribution in [2.24, 2.45) is 0 Å². The van der Waals surface area contributed by atoms with Gasteiger partial charge < -0.3 is 4.74 Å². The fraction of sp³-hybridized carbons (Fsp3) is 0.176. The number of ketones is 1. The van der Waals surface area contributed by atoms with E-state index in [4.69, 9.17) is 4.74 Å². The van der Waals surface area contributed by atoms with Gasteiger partial charge >= 0.3 is 5.97 Å². The molecule has 0 spiro atoms. The summed E-state index contributed by atoms with van der Waals surface area (Å²) in [5.41, 5.74) is 0.972. The van der Waals surface area contributed by atoms with Gasteiger partial charge in [-0.15, -0.1) is 0 Å². The molecule has 7 heteroatoms. The Bertz CT molecular complexity index is 857. The molecule has 0 saturated carbocycles. The average molecular weight is 347 g/mol. The first-order valence-corrected chi connectivity index (χ1v) is 8.73. The zero-order chi connectivity index (χ0) is 17.7. The number of rotatable bonds is 6. The summed E-state index contributed by atoms with van der Waals surface area (Å²) in [5, 5.41) is 0. The molecule has 0 atom stereocenters. The summed E-state index contributed by atoms with van der Waals surface area (Å²) in [7, 11) is -3.82. The number of ether oxygens (including phenoxy) is 1. The number of carbonyl (C=O) groups excluding carboxylic acids is 2. The summed E-state index contributed by atoms with van der Waals surface area (Å²) >= 11 is 0. The summed E-state index contributed by atoms with van der Waals surface area (Å²) < 4.78 is 32.0. The second-order valence-electron chi connectivity index (χ2n) is 4.99. The summed E-state index contributed by atoms with van der Waals surface area (Å²) in [4.78, 5) is 22.9. The van der Waals surface area contributed by atoms with Crippen LogP contribution in [0.4, 0.5) is 5.69 Å². The molecule has 0 fully saturated rings. The van der Waals surface area contributed by atoms with Crippen molar-refractivity contribution < 1.29 is 22.7 Å². The number of carbonyl (C=O) groups is 2. The number of benzene rings is 2. The second-order valence-corrected chi connectivity index (χ2v) is 6.67. The molecule has 2 aromatic carbocycles. The third-order valence-electron chi connectivity index (χ3n) is 3.20. The molecule has 0 radical (unpaired) electrons. The Morgan fingerprint density at radius 2 is 1.71 bits per heavy atom. The van der Waals surface area contributed by atoms with Crippen LogP contribution in [0.5, 0.6) is 0 Å². The summed E-state index contributed by atoms with van der Waals surface area (Å²) in [5.74, 6) is -0.668. The lowest BCUT2D eigenvalue weighted by molar-refractivity contribution is 0.0526. The van der Waals surface area contributed by atoms with Crippen LogP contribution in [-0.2, 0) is 14.8 Å². The maximum absolute atomic E-state index is 12.4. The average Bonchev–Trinajstić information content (AvgIpc) is 2.55. The molecule has 24 heavy (non-hydrogen) atoms. The quantitative estimate of drug-likeness (QED) is 0.641. The lowest BCUT2D eigenvalue weighted by atomic mass is 10.1. The second kappa shape index (κ2) is 7.27. The highest BCUT2D eigenvalue weighted by Gasteiger charge is 2.16. The first kappa shape index (κ1) is 17.7. The summed E-state index contributed by atoms with van der Waals surface area (Å²) in [6.45, 7) is 3.34. The van der Waals surface area contributed by atoms with Crippen LogP contribution in [0.3, 0.4) is 0 Å². The Labute approximate surface area is 140 Å². The van der Waals surface area contributed by atoms with E-state index < -0.39 is 16.0 Å². The zero-order valence-corrected chi connectivity index (χ0v) is 14.1. The lowest BCUT2D eigenvalue weighted by Gasteiger charge is -2.09.